The van der Waals surface area contributed by atoms with Crippen molar-refractivity contribution in [3.63, 3.8) is 0 Å². The van der Waals surface area contributed by atoms with E-state index in [2.05, 4.69) is 5.32 Å². The van der Waals surface area contributed by atoms with Crippen LogP contribution in [-0.2, 0) is 9.53 Å². The monoisotopic (exact) mass is 353 g/mol. The number of nitrogens with one attached hydrogen (secondary N) is 1. The first-order chi connectivity index (χ1) is 11.6. The number of carbonyl (C=O) groups is 2. The Hall–Kier alpha value is -1.30. The fourth-order valence-corrected chi connectivity index (χ4v) is 3.42. The van der Waals surface area contributed by atoms with Crippen molar-refractivity contribution in [3.05, 3.63) is 0 Å². The van der Waals surface area contributed by atoms with E-state index in [1.165, 1.54) is 0 Å². The largest absolute Gasteiger partial charge is 0.444 e. The zero-order valence-electron chi connectivity index (χ0n) is 16.4. The number of rotatable bonds is 5. The first-order valence-corrected chi connectivity index (χ1v) is 9.67. The summed E-state index contributed by atoms with van der Waals surface area (Å²) in [6.07, 6.45) is 5.69. The molecule has 6 heteroatoms. The first kappa shape index (κ1) is 20.0. The molecule has 2 amide bonds. The number of hydrogen-bond donors (Lipinski definition) is 2. The summed E-state index contributed by atoms with van der Waals surface area (Å²) in [5.41, 5.74) is 5.48. The molecule has 0 aromatic carbocycles. The summed E-state index contributed by atoms with van der Waals surface area (Å²) in [6.45, 7) is 9.55. The maximum atomic E-state index is 12.8. The van der Waals surface area contributed by atoms with Crippen LogP contribution >= 0.6 is 0 Å². The Labute approximate surface area is 151 Å². The van der Waals surface area contributed by atoms with Gasteiger partial charge in [0.1, 0.15) is 5.60 Å². The van der Waals surface area contributed by atoms with Crippen LogP contribution in [0, 0.1) is 5.92 Å². The van der Waals surface area contributed by atoms with Crippen LogP contribution in [0.25, 0.3) is 0 Å². The standard InChI is InChI=1S/C19H35N3O3/c1-12(2)16(20)17(23)21-14-8-6-7-9-15(14)22(13-10-11-13)18(24)25-19(3,4)5/h12-16H,6-11,20H2,1-5H3,(H,21,23)/t14-,15+,16+/m1/s1. The molecule has 2 rings (SSSR count). The van der Waals surface area contributed by atoms with Crippen LogP contribution in [0.4, 0.5) is 4.79 Å². The molecule has 3 atom stereocenters. The Bertz CT molecular complexity index is 483. The second-order valence-corrected chi connectivity index (χ2v) is 8.86. The van der Waals surface area contributed by atoms with Crippen molar-refractivity contribution in [3.8, 4) is 0 Å². The van der Waals surface area contributed by atoms with Gasteiger partial charge in [0, 0.05) is 12.1 Å². The molecule has 0 aromatic heterocycles. The van der Waals surface area contributed by atoms with Gasteiger partial charge >= 0.3 is 6.09 Å². The van der Waals surface area contributed by atoms with Crippen molar-refractivity contribution in [1.82, 2.24) is 10.2 Å². The van der Waals surface area contributed by atoms with Gasteiger partial charge in [-0.3, -0.25) is 4.79 Å². The summed E-state index contributed by atoms with van der Waals surface area (Å²) in [7, 11) is 0. The summed E-state index contributed by atoms with van der Waals surface area (Å²) in [5.74, 6) is -0.0285. The predicted molar refractivity (Wildman–Crippen MR) is 98.1 cm³/mol. The molecule has 144 valence electrons. The molecule has 0 aliphatic heterocycles. The minimum atomic E-state index is -0.516. The highest BCUT2D eigenvalue weighted by molar-refractivity contribution is 5.82. The molecule has 0 heterocycles. The molecule has 2 aliphatic carbocycles. The number of nitrogens with zero attached hydrogens (tertiary/aromatic N) is 1. The van der Waals surface area contributed by atoms with Gasteiger partial charge in [-0.15, -0.1) is 0 Å². The molecule has 2 fully saturated rings. The van der Waals surface area contributed by atoms with Crippen LogP contribution in [0.2, 0.25) is 0 Å². The summed E-state index contributed by atoms with van der Waals surface area (Å²) < 4.78 is 5.64. The molecular formula is C19H35N3O3. The van der Waals surface area contributed by atoms with Gasteiger partial charge in [-0.25, -0.2) is 4.79 Å². The molecule has 0 saturated heterocycles. The highest BCUT2D eigenvalue weighted by Crippen LogP contribution is 2.35. The second-order valence-electron chi connectivity index (χ2n) is 8.86. The summed E-state index contributed by atoms with van der Waals surface area (Å²) in [5, 5.41) is 3.12. The molecule has 0 unspecified atom stereocenters. The third kappa shape index (κ3) is 5.59. The van der Waals surface area contributed by atoms with Crippen molar-refractivity contribution >= 4 is 12.0 Å². The lowest BCUT2D eigenvalue weighted by Crippen LogP contribution is -2.59. The molecule has 0 aromatic rings. The third-order valence-corrected chi connectivity index (χ3v) is 4.98. The minimum Gasteiger partial charge on any atom is -0.444 e. The Balaban J connectivity index is 2.11. The number of ether oxygens (including phenoxy) is 1. The van der Waals surface area contributed by atoms with Gasteiger partial charge in [-0.05, 0) is 52.4 Å². The number of nitrogens with two attached hydrogens (primary N) is 1. The lowest BCUT2D eigenvalue weighted by molar-refractivity contribution is -0.124. The van der Waals surface area contributed by atoms with E-state index in [1.807, 2.05) is 39.5 Å². The number of hydrogen-bond acceptors (Lipinski definition) is 4. The van der Waals surface area contributed by atoms with E-state index in [0.717, 1.165) is 38.5 Å². The molecular weight excluding hydrogens is 318 g/mol. The molecule has 25 heavy (non-hydrogen) atoms. The fraction of sp³-hybridized carbons (Fsp3) is 0.895. The maximum absolute atomic E-state index is 12.8. The normalized spacial score (nSPS) is 25.4. The topological polar surface area (TPSA) is 84.7 Å². The van der Waals surface area contributed by atoms with E-state index < -0.39 is 11.6 Å². The van der Waals surface area contributed by atoms with Gasteiger partial charge in [-0.2, -0.15) is 0 Å². The van der Waals surface area contributed by atoms with E-state index in [4.69, 9.17) is 10.5 Å². The lowest BCUT2D eigenvalue weighted by atomic mass is 9.88. The molecule has 0 radical (unpaired) electrons. The molecule has 6 nitrogen and oxygen atoms in total. The Morgan fingerprint density at radius 2 is 1.72 bits per heavy atom. The second kappa shape index (κ2) is 7.94. The number of amides is 2. The summed E-state index contributed by atoms with van der Waals surface area (Å²) >= 11 is 0. The highest BCUT2D eigenvalue weighted by Gasteiger charge is 2.43. The predicted octanol–water partition coefficient (Wildman–Crippen LogP) is 2.80. The Morgan fingerprint density at radius 1 is 1.12 bits per heavy atom. The Kier molecular flexibility index (Phi) is 6.35. The Morgan fingerprint density at radius 3 is 2.24 bits per heavy atom. The number of carbonyl (C=O) groups excluding carboxylic acids is 2. The SMILES string of the molecule is CC(C)[C@H](N)C(=O)N[C@@H]1CCCC[C@@H]1N(C(=O)OC(C)(C)C)C1CC1. The van der Waals surface area contributed by atoms with E-state index in [0.29, 0.717) is 0 Å². The zero-order valence-corrected chi connectivity index (χ0v) is 16.4. The zero-order chi connectivity index (χ0) is 18.8. The third-order valence-electron chi connectivity index (χ3n) is 4.98. The van der Waals surface area contributed by atoms with Crippen LogP contribution < -0.4 is 11.1 Å². The first-order valence-electron chi connectivity index (χ1n) is 9.67. The molecule has 0 bridgehead atoms. The fourth-order valence-electron chi connectivity index (χ4n) is 3.42. The van der Waals surface area contributed by atoms with Gasteiger partial charge in [-0.1, -0.05) is 26.7 Å². The van der Waals surface area contributed by atoms with Crippen LogP contribution in [0.5, 0.6) is 0 Å². The highest BCUT2D eigenvalue weighted by atomic mass is 16.6. The van der Waals surface area contributed by atoms with Crippen LogP contribution in [0.3, 0.4) is 0 Å². The summed E-state index contributed by atoms with van der Waals surface area (Å²) in [6, 6.07) is -0.312. The molecule has 0 spiro atoms. The van der Waals surface area contributed by atoms with E-state index in [-0.39, 0.29) is 36.0 Å². The minimum absolute atomic E-state index is 0.000544. The van der Waals surface area contributed by atoms with Crippen LogP contribution in [-0.4, -0.2) is 46.7 Å². The van der Waals surface area contributed by atoms with E-state index in [9.17, 15) is 9.59 Å². The molecule has 2 aliphatic rings. The molecule has 2 saturated carbocycles. The maximum Gasteiger partial charge on any atom is 0.410 e. The van der Waals surface area contributed by atoms with Crippen molar-refractivity contribution in [1.29, 1.82) is 0 Å². The van der Waals surface area contributed by atoms with Gasteiger partial charge in [0.15, 0.2) is 0 Å². The van der Waals surface area contributed by atoms with Gasteiger partial charge in [0.25, 0.3) is 0 Å². The average molecular weight is 354 g/mol. The van der Waals surface area contributed by atoms with E-state index in [1.54, 1.807) is 0 Å². The van der Waals surface area contributed by atoms with Crippen LogP contribution in [0.1, 0.15) is 73.1 Å². The lowest BCUT2D eigenvalue weighted by Gasteiger charge is -2.41. The van der Waals surface area contributed by atoms with Crippen molar-refractivity contribution in [2.45, 2.75) is 103 Å². The van der Waals surface area contributed by atoms with Crippen LogP contribution in [0.15, 0.2) is 0 Å². The van der Waals surface area contributed by atoms with Gasteiger partial charge in [0.2, 0.25) is 5.91 Å². The smallest absolute Gasteiger partial charge is 0.410 e. The van der Waals surface area contributed by atoms with Gasteiger partial charge in [0.05, 0.1) is 12.1 Å². The van der Waals surface area contributed by atoms with Crippen molar-refractivity contribution < 1.29 is 14.3 Å². The quantitative estimate of drug-likeness (QED) is 0.796. The average Bonchev–Trinajstić information content (AvgIpc) is 3.31. The molecule has 3 N–H and O–H groups in total. The summed E-state index contributed by atoms with van der Waals surface area (Å²) in [4.78, 5) is 27.1. The van der Waals surface area contributed by atoms with E-state index >= 15 is 0 Å². The van der Waals surface area contributed by atoms with Gasteiger partial charge < -0.3 is 20.7 Å². The van der Waals surface area contributed by atoms with Crippen molar-refractivity contribution in [2.75, 3.05) is 0 Å². The van der Waals surface area contributed by atoms with Crippen molar-refractivity contribution in [2.24, 2.45) is 11.7 Å².